The number of aromatic nitrogens is 2. The third-order valence-electron chi connectivity index (χ3n) is 9.33. The first-order valence-electron chi connectivity index (χ1n) is 20.5. The van der Waals surface area contributed by atoms with E-state index >= 15 is 0 Å². The number of hydrogen-bond acceptors (Lipinski definition) is 12. The van der Waals surface area contributed by atoms with Crippen LogP contribution in [0, 0.1) is 0 Å². The number of pyridine rings is 2. The predicted molar refractivity (Wildman–Crippen MR) is 234 cm³/mol. The van der Waals surface area contributed by atoms with Gasteiger partial charge in [0.1, 0.15) is 11.4 Å². The van der Waals surface area contributed by atoms with Crippen LogP contribution in [0.3, 0.4) is 0 Å². The van der Waals surface area contributed by atoms with E-state index in [1.807, 2.05) is 26.0 Å². The van der Waals surface area contributed by atoms with Crippen LogP contribution < -0.4 is 32.3 Å². The maximum absolute atomic E-state index is 12.4. The quantitative estimate of drug-likeness (QED) is 0.0854. The zero-order valence-corrected chi connectivity index (χ0v) is 35.6. The molecule has 1 aliphatic rings. The monoisotopic (exact) mass is 828 g/mol. The molecule has 0 spiro atoms. The minimum Gasteiger partial charge on any atom is -0.430 e. The van der Waals surface area contributed by atoms with Crippen LogP contribution in [0.2, 0.25) is 0 Å². The van der Waals surface area contributed by atoms with Crippen molar-refractivity contribution in [1.82, 2.24) is 35.7 Å². The van der Waals surface area contributed by atoms with Gasteiger partial charge in [-0.1, -0.05) is 46.8 Å². The number of Topliss-reactive ketones (excluding diaryl/α,β-unsaturated/α-hetero) is 2. The molecule has 0 unspecified atom stereocenters. The van der Waals surface area contributed by atoms with Gasteiger partial charge in [-0.25, -0.2) is 19.6 Å². The summed E-state index contributed by atoms with van der Waals surface area (Å²) in [6, 6.07) is 17.0. The van der Waals surface area contributed by atoms with Crippen LogP contribution in [0.15, 0.2) is 60.7 Å². The van der Waals surface area contributed by atoms with E-state index in [0.717, 1.165) is 51.2 Å². The molecular weight excluding hydrogens is 769 g/mol. The van der Waals surface area contributed by atoms with Gasteiger partial charge in [0.25, 0.3) is 11.8 Å². The van der Waals surface area contributed by atoms with Gasteiger partial charge in [-0.05, 0) is 88.2 Å². The number of nitrogens with one attached hydrogen (secondary N) is 5. The summed E-state index contributed by atoms with van der Waals surface area (Å²) >= 11 is 0. The van der Waals surface area contributed by atoms with Crippen molar-refractivity contribution in [3.63, 3.8) is 0 Å². The van der Waals surface area contributed by atoms with Crippen molar-refractivity contribution in [2.45, 2.75) is 60.5 Å². The molecule has 0 aliphatic heterocycles. The number of amides is 5. The lowest BCUT2D eigenvalue weighted by atomic mass is 10.1. The Labute approximate surface area is 351 Å². The number of urea groups is 1. The molecule has 7 N–H and O–H groups in total. The van der Waals surface area contributed by atoms with E-state index in [2.05, 4.69) is 74.0 Å². The number of hydrogen-bond donors (Lipinski definition) is 6. The highest BCUT2D eigenvalue weighted by Crippen LogP contribution is 2.21. The van der Waals surface area contributed by atoms with Crippen molar-refractivity contribution < 1.29 is 33.5 Å². The van der Waals surface area contributed by atoms with Crippen molar-refractivity contribution in [1.29, 1.82) is 0 Å². The Morgan fingerprint density at radius 2 is 1.08 bits per heavy atom. The fraction of sp³-hybridized carbons (Fsp3) is 0.442. The number of carbonyl (C=O) groups excluding carboxylic acids is 6. The molecule has 2 aromatic heterocycles. The number of ether oxygens (including phenoxy) is 1. The van der Waals surface area contributed by atoms with Crippen molar-refractivity contribution >= 4 is 68.7 Å². The first-order chi connectivity index (χ1) is 28.9. The van der Waals surface area contributed by atoms with Gasteiger partial charge in [-0.15, -0.1) is 0 Å². The molecule has 0 atom stereocenters. The average molecular weight is 829 g/mol. The van der Waals surface area contributed by atoms with E-state index in [1.165, 1.54) is 0 Å². The van der Waals surface area contributed by atoms with Crippen LogP contribution >= 0.6 is 0 Å². The van der Waals surface area contributed by atoms with E-state index in [9.17, 15) is 28.8 Å². The second-order valence-corrected chi connectivity index (χ2v) is 13.5. The fourth-order valence-corrected chi connectivity index (χ4v) is 5.99. The molecule has 1 saturated carbocycles. The zero-order chi connectivity index (χ0) is 44.0. The Bertz CT molecular complexity index is 2050. The van der Waals surface area contributed by atoms with E-state index in [1.54, 1.807) is 48.5 Å². The van der Waals surface area contributed by atoms with Gasteiger partial charge in [0.05, 0.1) is 11.0 Å². The normalized spacial score (nSPS) is 12.3. The van der Waals surface area contributed by atoms with Gasteiger partial charge in [0.2, 0.25) is 6.10 Å². The number of fused-ring (bicyclic) bond motifs is 2. The molecule has 2 heterocycles. The maximum atomic E-state index is 12.4. The molecule has 1 fully saturated rings. The summed E-state index contributed by atoms with van der Waals surface area (Å²) in [7, 11) is 0. The second-order valence-electron chi connectivity index (χ2n) is 13.5. The Morgan fingerprint density at radius 1 is 0.650 bits per heavy atom. The summed E-state index contributed by atoms with van der Waals surface area (Å²) in [5, 5.41) is 15.3. The molecule has 0 saturated heterocycles. The SMILES string of the molecule is CCN.CCN(CC)CCNC(=O)c1ccc2cc(NC(=O)OC3C(=O)CCC3=O)ccc2n1.CCNC(=O)Nc1ccc2nc(C(=O)NCCN(CC)CC)ccc2c1. The van der Waals surface area contributed by atoms with Crippen molar-refractivity contribution in [2.75, 3.05) is 76.1 Å². The van der Waals surface area contributed by atoms with Crippen LogP contribution in [0.4, 0.5) is 21.0 Å². The van der Waals surface area contributed by atoms with Crippen molar-refractivity contribution in [3.05, 3.63) is 72.1 Å². The molecule has 5 rings (SSSR count). The second kappa shape index (κ2) is 25.4. The van der Waals surface area contributed by atoms with E-state index in [4.69, 9.17) is 10.5 Å². The van der Waals surface area contributed by atoms with Gasteiger partial charge in [-0.2, -0.15) is 0 Å². The Kier molecular flexibility index (Phi) is 20.5. The van der Waals surface area contributed by atoms with Gasteiger partial charge < -0.3 is 41.5 Å². The number of ketones is 2. The van der Waals surface area contributed by atoms with Gasteiger partial charge in [0.15, 0.2) is 11.6 Å². The molecule has 17 nitrogen and oxygen atoms in total. The van der Waals surface area contributed by atoms with E-state index < -0.39 is 12.2 Å². The molecule has 60 heavy (non-hydrogen) atoms. The van der Waals surface area contributed by atoms with Crippen LogP contribution in [0.1, 0.15) is 75.4 Å². The topological polar surface area (TPSA) is 230 Å². The number of nitrogens with two attached hydrogens (primary N) is 1. The lowest BCUT2D eigenvalue weighted by molar-refractivity contribution is -0.132. The summed E-state index contributed by atoms with van der Waals surface area (Å²) in [4.78, 5) is 84.7. The number of rotatable bonds is 16. The molecule has 4 aromatic rings. The van der Waals surface area contributed by atoms with E-state index in [-0.39, 0.29) is 42.3 Å². The Balaban J connectivity index is 0.000000305. The van der Waals surface area contributed by atoms with E-state index in [0.29, 0.717) is 58.8 Å². The van der Waals surface area contributed by atoms with Crippen LogP contribution in [0.5, 0.6) is 0 Å². The van der Waals surface area contributed by atoms with Gasteiger partial charge >= 0.3 is 12.1 Å². The Hall–Kier alpha value is -6.04. The Morgan fingerprint density at radius 3 is 1.50 bits per heavy atom. The molecule has 17 heteroatoms. The summed E-state index contributed by atoms with van der Waals surface area (Å²) in [5.41, 5.74) is 7.96. The first-order valence-corrected chi connectivity index (χ1v) is 20.5. The molecule has 2 aromatic carbocycles. The lowest BCUT2D eigenvalue weighted by Crippen LogP contribution is -2.35. The highest BCUT2D eigenvalue weighted by atomic mass is 16.6. The maximum Gasteiger partial charge on any atom is 0.412 e. The van der Waals surface area contributed by atoms with Crippen molar-refractivity contribution in [3.8, 4) is 0 Å². The molecule has 324 valence electrons. The molecule has 5 amide bonds. The first kappa shape index (κ1) is 48.3. The minimum absolute atomic E-state index is 0.101. The molecule has 1 aliphatic carbocycles. The van der Waals surface area contributed by atoms with Crippen LogP contribution in [-0.4, -0.2) is 127 Å². The molecule has 0 radical (unpaired) electrons. The third-order valence-corrected chi connectivity index (χ3v) is 9.33. The number of likely N-dealkylation sites (N-methyl/N-ethyl adjacent to an activating group) is 2. The minimum atomic E-state index is -1.31. The predicted octanol–water partition coefficient (Wildman–Crippen LogP) is 4.57. The summed E-state index contributed by atoms with van der Waals surface area (Å²) in [5.74, 6) is -1.19. The standard InChI is InChI=1S/C22H26N4O5.C19H27N5O2.C2H7N/c1-3-26(4-2)12-11-23-21(29)17-7-5-14-13-15(6-8-16(14)25-17)24-22(30)31-20-18(27)9-10-19(20)28;1-4-20-19(26)22-15-8-10-16-14(13-15)7-9-17(23-16)18(25)21-11-12-24(5-2)6-3;1-2-3/h5-8,13,20H,3-4,9-12H2,1-2H3,(H,23,29)(H,24,30);7-10,13H,4-6,11-12H2,1-3H3,(H,21,25)(H2,20,22,26);2-3H2,1H3. The number of nitrogens with zero attached hydrogens (tertiary/aromatic N) is 4. The average Bonchev–Trinajstić information content (AvgIpc) is 3.56. The molecular formula is C43H60N10O7. The summed E-state index contributed by atoms with van der Waals surface area (Å²) in [6.07, 6.45) is -1.98. The highest BCUT2D eigenvalue weighted by molar-refractivity contribution is 6.12. The molecule has 0 bridgehead atoms. The van der Waals surface area contributed by atoms with Crippen LogP contribution in [0.25, 0.3) is 21.8 Å². The van der Waals surface area contributed by atoms with Gasteiger partial charge in [0, 0.05) is 67.7 Å². The largest absolute Gasteiger partial charge is 0.430 e. The number of benzene rings is 2. The zero-order valence-electron chi connectivity index (χ0n) is 35.6. The summed E-state index contributed by atoms with van der Waals surface area (Å²) < 4.78 is 4.95. The number of carbonyl (C=O) groups is 6. The third kappa shape index (κ3) is 15.3. The smallest absolute Gasteiger partial charge is 0.412 e. The lowest BCUT2D eigenvalue weighted by Gasteiger charge is -2.17. The van der Waals surface area contributed by atoms with Crippen molar-refractivity contribution in [2.24, 2.45) is 5.73 Å². The van der Waals surface area contributed by atoms with Crippen LogP contribution in [-0.2, 0) is 14.3 Å². The fourth-order valence-electron chi connectivity index (χ4n) is 5.99. The summed E-state index contributed by atoms with van der Waals surface area (Å²) in [6.45, 7) is 19.9. The van der Waals surface area contributed by atoms with Gasteiger partial charge in [-0.3, -0.25) is 24.5 Å². The number of anilines is 2. The highest BCUT2D eigenvalue weighted by Gasteiger charge is 2.36.